The maximum Gasteiger partial charge on any atom is 0.489 e. The van der Waals surface area contributed by atoms with E-state index in [1.54, 1.807) is 12.1 Å². The predicted octanol–water partition coefficient (Wildman–Crippen LogP) is 11.9. The summed E-state index contributed by atoms with van der Waals surface area (Å²) in [7, 11) is -1.43. The van der Waals surface area contributed by atoms with Gasteiger partial charge in [0.1, 0.15) is 0 Å². The van der Waals surface area contributed by atoms with Crippen molar-refractivity contribution in [3.63, 3.8) is 0 Å². The Bertz CT molecular complexity index is 2730. The second kappa shape index (κ2) is 16.1. The van der Waals surface area contributed by atoms with Crippen LogP contribution in [0.25, 0.3) is 55.9 Å². The highest BCUT2D eigenvalue weighted by Gasteiger charge is 2.37. The Hall–Kier alpha value is -5.92. The van der Waals surface area contributed by atoms with E-state index >= 15 is 0 Å². The van der Waals surface area contributed by atoms with Crippen LogP contribution in [0, 0.1) is 0 Å². The van der Waals surface area contributed by atoms with Crippen LogP contribution in [0.1, 0.15) is 49.9 Å². The molecule has 10 rings (SSSR count). The first kappa shape index (κ1) is 38.9. The number of aromatic nitrogens is 2. The molecule has 0 saturated heterocycles. The number of hydrogen-bond acceptors (Lipinski definition) is 4. The molecule has 0 amide bonds. The molecule has 0 saturated carbocycles. The number of benzene rings is 6. The van der Waals surface area contributed by atoms with E-state index in [4.69, 9.17) is 0 Å². The molecule has 6 heteroatoms. The Kier molecular flexibility index (Phi) is 10.8. The van der Waals surface area contributed by atoms with Gasteiger partial charge in [0.25, 0.3) is 0 Å². The molecule has 2 aliphatic rings. The molecule has 8 aromatic rings. The Morgan fingerprint density at radius 1 is 0.414 bits per heavy atom. The number of hydrogen-bond donors (Lipinski definition) is 2. The van der Waals surface area contributed by atoms with E-state index in [1.165, 1.54) is 55.6 Å². The van der Waals surface area contributed by atoms with Gasteiger partial charge in [0, 0.05) is 38.8 Å². The van der Waals surface area contributed by atoms with E-state index in [1.807, 2.05) is 67.0 Å². The Morgan fingerprint density at radius 3 is 1.41 bits per heavy atom. The Labute approximate surface area is 350 Å². The van der Waals surface area contributed by atoms with Crippen molar-refractivity contribution >= 4 is 28.5 Å². The van der Waals surface area contributed by atoms with Gasteiger partial charge in [0.15, 0.2) is 0 Å². The number of fused-ring (bicyclic) bond motifs is 6. The van der Waals surface area contributed by atoms with Crippen molar-refractivity contribution in [2.45, 2.75) is 38.5 Å². The summed E-state index contributed by atoms with van der Waals surface area (Å²) in [5, 5.41) is 18.4. The molecule has 0 spiro atoms. The zero-order chi connectivity index (χ0) is 40.4. The van der Waals surface area contributed by atoms with Gasteiger partial charge in [0.05, 0.1) is 11.4 Å². The molecule has 0 unspecified atom stereocenters. The molecule has 6 aromatic carbocycles. The van der Waals surface area contributed by atoms with E-state index in [-0.39, 0.29) is 10.8 Å². The van der Waals surface area contributed by atoms with E-state index in [9.17, 15) is 10.0 Å². The highest BCUT2D eigenvalue weighted by molar-refractivity contribution is 9.10. The molecule has 0 atom stereocenters. The topological polar surface area (TPSA) is 66.2 Å². The minimum atomic E-state index is -1.43. The molecule has 284 valence electrons. The van der Waals surface area contributed by atoms with Crippen LogP contribution < -0.4 is 5.46 Å². The van der Waals surface area contributed by atoms with Crippen molar-refractivity contribution in [1.29, 1.82) is 0 Å². The lowest BCUT2D eigenvalue weighted by atomic mass is 9.75. The summed E-state index contributed by atoms with van der Waals surface area (Å²) in [6, 6.07) is 57.9. The number of nitrogens with zero attached hydrogens (tertiary/aromatic N) is 2. The first-order valence-corrected chi connectivity index (χ1v) is 20.4. The average molecular weight is 820 g/mol. The molecular weight excluding hydrogens is 775 g/mol. The third kappa shape index (κ3) is 7.36. The highest BCUT2D eigenvalue weighted by atomic mass is 79.9. The van der Waals surface area contributed by atoms with Crippen molar-refractivity contribution in [1.82, 2.24) is 9.97 Å². The first-order chi connectivity index (χ1) is 28.1. The quantitative estimate of drug-likeness (QED) is 0.174. The van der Waals surface area contributed by atoms with Gasteiger partial charge in [-0.05, 0) is 91.4 Å². The summed E-state index contributed by atoms with van der Waals surface area (Å²) < 4.78 is 1.13. The fraction of sp³-hybridized carbons (Fsp3) is 0.115. The van der Waals surface area contributed by atoms with Gasteiger partial charge in [-0.2, -0.15) is 0 Å². The maximum absolute atomic E-state index is 9.22. The summed E-state index contributed by atoms with van der Waals surface area (Å²) in [5.74, 6) is 0. The van der Waals surface area contributed by atoms with Crippen molar-refractivity contribution in [2.24, 2.45) is 0 Å². The van der Waals surface area contributed by atoms with Crippen molar-refractivity contribution in [3.05, 3.63) is 209 Å². The maximum atomic E-state index is 9.22. The molecule has 0 fully saturated rings. The van der Waals surface area contributed by atoms with Crippen molar-refractivity contribution in [2.75, 3.05) is 0 Å². The Morgan fingerprint density at radius 2 is 0.862 bits per heavy atom. The van der Waals surface area contributed by atoms with Crippen LogP contribution in [0.5, 0.6) is 0 Å². The van der Waals surface area contributed by atoms with Crippen LogP contribution in [-0.2, 0) is 10.8 Å². The third-order valence-corrected chi connectivity index (χ3v) is 12.0. The normalized spacial score (nSPS) is 13.4. The molecular formula is C52H44BBrN2O2. The van der Waals surface area contributed by atoms with E-state index in [0.29, 0.717) is 5.46 Å². The summed E-state index contributed by atoms with van der Waals surface area (Å²) in [6.45, 7) is 9.11. The smallest absolute Gasteiger partial charge is 0.423 e. The molecule has 2 heterocycles. The molecule has 2 aromatic heterocycles. The zero-order valence-electron chi connectivity index (χ0n) is 33.1. The van der Waals surface area contributed by atoms with Crippen molar-refractivity contribution in [3.8, 4) is 55.9 Å². The molecule has 0 bridgehead atoms. The van der Waals surface area contributed by atoms with Gasteiger partial charge in [-0.1, -0.05) is 183 Å². The zero-order valence-corrected chi connectivity index (χ0v) is 34.7. The molecule has 4 nitrogen and oxygen atoms in total. The van der Waals surface area contributed by atoms with Gasteiger partial charge in [0.2, 0.25) is 0 Å². The van der Waals surface area contributed by atoms with Gasteiger partial charge in [-0.25, -0.2) is 0 Å². The SMILES string of the molecule is CC1(C)c2cc(-c3ccccc3-c3ccccc3)ccc2-c2ncccc21.CC1(C)c2cc(Br)ccc2-c2ncccc21.OB(O)c1ccccc1-c1ccccc1. The number of rotatable bonds is 4. The van der Waals surface area contributed by atoms with Crippen LogP contribution in [0.2, 0.25) is 0 Å². The van der Waals surface area contributed by atoms with Crippen LogP contribution in [-0.4, -0.2) is 27.1 Å². The fourth-order valence-electron chi connectivity index (χ4n) is 8.42. The summed E-state index contributed by atoms with van der Waals surface area (Å²) in [5.41, 5.74) is 17.6. The van der Waals surface area contributed by atoms with Crippen LogP contribution in [0.3, 0.4) is 0 Å². The van der Waals surface area contributed by atoms with Gasteiger partial charge in [-0.3, -0.25) is 9.97 Å². The fourth-order valence-corrected chi connectivity index (χ4v) is 8.78. The molecule has 0 aliphatic heterocycles. The number of pyridine rings is 2. The molecule has 58 heavy (non-hydrogen) atoms. The lowest BCUT2D eigenvalue weighted by molar-refractivity contribution is 0.426. The van der Waals surface area contributed by atoms with Crippen molar-refractivity contribution < 1.29 is 10.0 Å². The van der Waals surface area contributed by atoms with Gasteiger partial charge < -0.3 is 10.0 Å². The average Bonchev–Trinajstić information content (AvgIpc) is 3.63. The standard InChI is InChI=1S/C26H21N.C14H12BrN.C12H11BO2/c1-26(2)23-13-8-16-27-25(23)22-15-14-19(17-24(22)26)21-12-7-6-11-20(21)18-9-4-3-5-10-18;1-14(2)11-4-3-7-16-13(11)10-6-5-9(15)8-12(10)14;14-13(15)12-9-5-4-8-11(12)10-6-2-1-3-7-10/h3-17H,1-2H3;3-8H,1-2H3;1-9,14-15H. The summed E-state index contributed by atoms with van der Waals surface area (Å²) in [4.78, 5) is 9.17. The minimum absolute atomic E-state index is 0.0311. The second-order valence-electron chi connectivity index (χ2n) is 15.7. The monoisotopic (exact) mass is 818 g/mol. The van der Waals surface area contributed by atoms with Gasteiger partial charge >= 0.3 is 7.12 Å². The second-order valence-corrected chi connectivity index (χ2v) is 16.7. The van der Waals surface area contributed by atoms with Gasteiger partial charge in [-0.15, -0.1) is 0 Å². The van der Waals surface area contributed by atoms with E-state index in [0.717, 1.165) is 27.0 Å². The third-order valence-electron chi connectivity index (χ3n) is 11.5. The summed E-state index contributed by atoms with van der Waals surface area (Å²) >= 11 is 3.54. The van der Waals surface area contributed by atoms with Crippen LogP contribution in [0.4, 0.5) is 0 Å². The van der Waals surface area contributed by atoms with E-state index in [2.05, 4.69) is 157 Å². The highest BCUT2D eigenvalue weighted by Crippen LogP contribution is 2.50. The van der Waals surface area contributed by atoms with Crippen LogP contribution in [0.15, 0.2) is 187 Å². The van der Waals surface area contributed by atoms with Crippen LogP contribution >= 0.6 is 15.9 Å². The Balaban J connectivity index is 0.000000130. The minimum Gasteiger partial charge on any atom is -0.423 e. The molecule has 0 radical (unpaired) electrons. The van der Waals surface area contributed by atoms with E-state index < -0.39 is 7.12 Å². The summed E-state index contributed by atoms with van der Waals surface area (Å²) in [6.07, 6.45) is 3.76. The lowest BCUT2D eigenvalue weighted by Crippen LogP contribution is -2.31. The predicted molar refractivity (Wildman–Crippen MR) is 244 cm³/mol. The largest absolute Gasteiger partial charge is 0.489 e. The number of halogens is 1. The molecule has 2 aliphatic carbocycles. The molecule has 2 N–H and O–H groups in total. The lowest BCUT2D eigenvalue weighted by Gasteiger charge is -2.22. The first-order valence-electron chi connectivity index (χ1n) is 19.6.